The smallest absolute Gasteiger partial charge is 0.264 e. The lowest BCUT2D eigenvalue weighted by molar-refractivity contribution is 0.0762. The van der Waals surface area contributed by atoms with E-state index in [1.165, 1.54) is 23.5 Å². The molecular weight excluding hydrogens is 434 g/mol. The number of benzene rings is 3. The number of amides is 1. The Morgan fingerprint density at radius 2 is 1.73 bits per heavy atom. The summed E-state index contributed by atoms with van der Waals surface area (Å²) in [6.07, 6.45) is 1.62. The molecule has 0 fully saturated rings. The van der Waals surface area contributed by atoms with Gasteiger partial charge in [-0.25, -0.2) is 8.42 Å². The molecule has 0 saturated carbocycles. The van der Waals surface area contributed by atoms with Gasteiger partial charge in [0.25, 0.3) is 15.9 Å². The molecular formula is C26H25N3O3S. The van der Waals surface area contributed by atoms with Crippen LogP contribution in [0.25, 0.3) is 0 Å². The Labute approximate surface area is 195 Å². The van der Waals surface area contributed by atoms with Crippen molar-refractivity contribution >= 4 is 21.6 Å². The Balaban J connectivity index is 1.87. The minimum absolute atomic E-state index is 0.0355. The molecule has 0 N–H and O–H groups in total. The number of sulfonamides is 1. The van der Waals surface area contributed by atoms with Crippen LogP contribution in [-0.2, 0) is 16.6 Å². The second kappa shape index (κ2) is 10.2. The molecule has 0 saturated heterocycles. The van der Waals surface area contributed by atoms with E-state index in [9.17, 15) is 13.2 Å². The van der Waals surface area contributed by atoms with Crippen molar-refractivity contribution < 1.29 is 13.2 Å². The Kier molecular flexibility index (Phi) is 7.31. The van der Waals surface area contributed by atoms with Gasteiger partial charge in [-0.05, 0) is 55.0 Å². The number of rotatable bonds is 8. The second-order valence-electron chi connectivity index (χ2n) is 7.62. The summed E-state index contributed by atoms with van der Waals surface area (Å²) in [6, 6.07) is 22.3. The molecule has 0 radical (unpaired) electrons. The summed E-state index contributed by atoms with van der Waals surface area (Å²) in [4.78, 5) is 14.8. The summed E-state index contributed by atoms with van der Waals surface area (Å²) in [5.41, 5.74) is 3.22. The molecule has 0 atom stereocenters. The fraction of sp³-hybridized carbons (Fsp3) is 0.154. The Morgan fingerprint density at radius 1 is 1.06 bits per heavy atom. The molecule has 0 aliphatic heterocycles. The third-order valence-electron chi connectivity index (χ3n) is 5.23. The monoisotopic (exact) mass is 459 g/mol. The highest BCUT2D eigenvalue weighted by atomic mass is 32.2. The first kappa shape index (κ1) is 23.8. The van der Waals surface area contributed by atoms with Gasteiger partial charge in [-0.3, -0.25) is 9.10 Å². The molecule has 0 heterocycles. The molecule has 0 unspecified atom stereocenters. The maximum Gasteiger partial charge on any atom is 0.264 e. The van der Waals surface area contributed by atoms with Crippen molar-refractivity contribution in [1.82, 2.24) is 4.90 Å². The van der Waals surface area contributed by atoms with Crippen LogP contribution in [0.15, 0.2) is 90.3 Å². The van der Waals surface area contributed by atoms with Crippen LogP contribution in [0.5, 0.6) is 0 Å². The van der Waals surface area contributed by atoms with E-state index in [0.29, 0.717) is 24.3 Å². The minimum Gasteiger partial charge on any atom is -0.331 e. The molecule has 7 heteroatoms. The average molecular weight is 460 g/mol. The normalized spacial score (nSPS) is 10.8. The van der Waals surface area contributed by atoms with Crippen LogP contribution in [0.1, 0.15) is 27.0 Å². The van der Waals surface area contributed by atoms with E-state index >= 15 is 0 Å². The van der Waals surface area contributed by atoms with Gasteiger partial charge in [0.1, 0.15) is 0 Å². The molecule has 3 aromatic rings. The Hall–Kier alpha value is -3.89. The van der Waals surface area contributed by atoms with Gasteiger partial charge in [-0.15, -0.1) is 6.58 Å². The van der Waals surface area contributed by atoms with Crippen LogP contribution in [0.4, 0.5) is 5.69 Å². The summed E-state index contributed by atoms with van der Waals surface area (Å²) >= 11 is 0. The summed E-state index contributed by atoms with van der Waals surface area (Å²) in [5, 5.41) is 8.97. The third-order valence-corrected chi connectivity index (χ3v) is 7.01. The summed E-state index contributed by atoms with van der Waals surface area (Å²) in [5.74, 6) is -0.311. The van der Waals surface area contributed by atoms with Gasteiger partial charge in [0.05, 0.1) is 22.2 Å². The van der Waals surface area contributed by atoms with Gasteiger partial charge in [-0.2, -0.15) is 5.26 Å². The lowest BCUT2D eigenvalue weighted by Crippen LogP contribution is -2.31. The Morgan fingerprint density at radius 3 is 2.33 bits per heavy atom. The first-order chi connectivity index (χ1) is 15.8. The molecule has 0 spiro atoms. The van der Waals surface area contributed by atoms with Crippen LogP contribution in [0, 0.1) is 18.3 Å². The lowest BCUT2D eigenvalue weighted by atomic mass is 10.1. The number of anilines is 1. The van der Waals surface area contributed by atoms with E-state index in [1.807, 2.05) is 19.1 Å². The van der Waals surface area contributed by atoms with E-state index in [1.54, 1.807) is 59.5 Å². The van der Waals surface area contributed by atoms with Crippen molar-refractivity contribution in [2.75, 3.05) is 17.9 Å². The van der Waals surface area contributed by atoms with Gasteiger partial charge >= 0.3 is 0 Å². The topological polar surface area (TPSA) is 81.5 Å². The Bertz CT molecular complexity index is 1290. The van der Waals surface area contributed by atoms with Crippen molar-refractivity contribution in [2.45, 2.75) is 18.4 Å². The number of nitriles is 1. The predicted molar refractivity (Wildman–Crippen MR) is 129 cm³/mol. The highest BCUT2D eigenvalue weighted by molar-refractivity contribution is 7.92. The van der Waals surface area contributed by atoms with Crippen molar-refractivity contribution in [3.8, 4) is 6.07 Å². The van der Waals surface area contributed by atoms with Crippen molar-refractivity contribution in [2.24, 2.45) is 0 Å². The van der Waals surface area contributed by atoms with Crippen LogP contribution in [0.2, 0.25) is 0 Å². The molecule has 168 valence electrons. The van der Waals surface area contributed by atoms with Gasteiger partial charge in [0.15, 0.2) is 0 Å². The first-order valence-corrected chi connectivity index (χ1v) is 11.7. The zero-order chi connectivity index (χ0) is 24.0. The molecule has 33 heavy (non-hydrogen) atoms. The predicted octanol–water partition coefficient (Wildman–Crippen LogP) is 4.52. The standard InChI is InChI=1S/C26H25N3O3S/c1-4-16-29(19-22-12-10-21(18-27)11-13-22)26(30)23-6-5-7-25(17-23)33(31,32)28(3)24-14-8-20(2)9-15-24/h4-15,17H,1,16,19H2,2-3H3. The number of nitrogens with zero attached hydrogens (tertiary/aromatic N) is 3. The number of hydrogen-bond donors (Lipinski definition) is 0. The van der Waals surface area contributed by atoms with Crippen molar-refractivity contribution in [1.29, 1.82) is 5.26 Å². The highest BCUT2D eigenvalue weighted by Crippen LogP contribution is 2.23. The summed E-state index contributed by atoms with van der Waals surface area (Å²) in [7, 11) is -2.36. The van der Waals surface area contributed by atoms with E-state index in [-0.39, 0.29) is 16.4 Å². The third kappa shape index (κ3) is 5.48. The molecule has 0 aliphatic carbocycles. The lowest BCUT2D eigenvalue weighted by Gasteiger charge is -2.23. The number of hydrogen-bond acceptors (Lipinski definition) is 4. The van der Waals surface area contributed by atoms with Crippen molar-refractivity contribution in [3.63, 3.8) is 0 Å². The molecule has 0 aromatic heterocycles. The zero-order valence-corrected chi connectivity index (χ0v) is 19.4. The zero-order valence-electron chi connectivity index (χ0n) is 18.6. The molecule has 1 amide bonds. The molecule has 0 aliphatic rings. The quantitative estimate of drug-likeness (QED) is 0.464. The number of aryl methyl sites for hydroxylation is 1. The second-order valence-corrected chi connectivity index (χ2v) is 9.59. The van der Waals surface area contributed by atoms with E-state index < -0.39 is 10.0 Å². The fourth-order valence-corrected chi connectivity index (χ4v) is 4.55. The fourth-order valence-electron chi connectivity index (χ4n) is 3.30. The van der Waals surface area contributed by atoms with Gasteiger partial charge in [0, 0.05) is 25.7 Å². The number of carbonyl (C=O) groups excluding carboxylic acids is 1. The van der Waals surface area contributed by atoms with Crippen molar-refractivity contribution in [3.05, 3.63) is 108 Å². The van der Waals surface area contributed by atoms with Gasteiger partial charge in [0.2, 0.25) is 0 Å². The van der Waals surface area contributed by atoms with Crippen LogP contribution in [0.3, 0.4) is 0 Å². The maximum atomic E-state index is 13.2. The largest absolute Gasteiger partial charge is 0.331 e. The summed E-state index contributed by atoms with van der Waals surface area (Å²) < 4.78 is 27.6. The van der Waals surface area contributed by atoms with Crippen LogP contribution in [-0.4, -0.2) is 32.8 Å². The van der Waals surface area contributed by atoms with Gasteiger partial charge in [-0.1, -0.05) is 42.0 Å². The van der Waals surface area contributed by atoms with Crippen LogP contribution >= 0.6 is 0 Å². The minimum atomic E-state index is -3.85. The number of carbonyl (C=O) groups is 1. The molecule has 3 aromatic carbocycles. The molecule has 6 nitrogen and oxygen atoms in total. The van der Waals surface area contributed by atoms with Gasteiger partial charge < -0.3 is 4.90 Å². The molecule has 0 bridgehead atoms. The van der Waals surface area contributed by atoms with E-state index in [4.69, 9.17) is 5.26 Å². The summed E-state index contributed by atoms with van der Waals surface area (Å²) in [6.45, 7) is 6.25. The first-order valence-electron chi connectivity index (χ1n) is 10.3. The van der Waals surface area contributed by atoms with E-state index in [2.05, 4.69) is 12.6 Å². The van der Waals surface area contributed by atoms with Crippen LogP contribution < -0.4 is 4.31 Å². The highest BCUT2D eigenvalue weighted by Gasteiger charge is 2.23. The molecule has 3 rings (SSSR count). The maximum absolute atomic E-state index is 13.2. The van der Waals surface area contributed by atoms with E-state index in [0.717, 1.165) is 11.1 Å². The average Bonchev–Trinajstić information content (AvgIpc) is 2.84. The SMILES string of the molecule is C=CCN(Cc1ccc(C#N)cc1)C(=O)c1cccc(S(=O)(=O)N(C)c2ccc(C)cc2)c1.